The zero-order chi connectivity index (χ0) is 10.8. The maximum atomic E-state index is 10.9. The van der Waals surface area contributed by atoms with Crippen LogP contribution in [0.1, 0.15) is 38.9 Å². The molecular weight excluding hydrogens is 210 g/mol. The molecule has 0 unspecified atom stereocenters. The zero-order valence-corrected chi connectivity index (χ0v) is 9.56. The van der Waals surface area contributed by atoms with Crippen LogP contribution in [-0.4, -0.2) is 24.2 Å². The molecule has 0 amide bonds. The minimum atomic E-state index is -0.794. The average Bonchev–Trinajstić information content (AvgIpc) is 2.62. The van der Waals surface area contributed by atoms with E-state index in [9.17, 15) is 4.79 Å². The van der Waals surface area contributed by atoms with E-state index >= 15 is 0 Å². The second-order valence-corrected chi connectivity index (χ2v) is 5.07. The van der Waals surface area contributed by atoms with E-state index in [-0.39, 0.29) is 0 Å². The Morgan fingerprint density at radius 2 is 2.20 bits per heavy atom. The molecule has 1 aromatic rings. The van der Waals surface area contributed by atoms with Gasteiger partial charge in [0.05, 0.1) is 0 Å². The Bertz CT molecular complexity index is 367. The normalized spacial score (nSPS) is 17.9. The first-order valence-electron chi connectivity index (χ1n) is 5.23. The van der Waals surface area contributed by atoms with Gasteiger partial charge in [0.25, 0.3) is 0 Å². The predicted molar refractivity (Wildman–Crippen MR) is 60.9 cm³/mol. The van der Waals surface area contributed by atoms with E-state index in [4.69, 9.17) is 5.11 Å². The predicted octanol–water partition coefficient (Wildman–Crippen LogP) is 2.22. The number of nitrogens with one attached hydrogen (secondary N) is 1. The number of hydrogen-bond donors (Lipinski definition) is 2. The smallest absolute Gasteiger partial charge is 0.346 e. The van der Waals surface area contributed by atoms with Crippen molar-refractivity contribution in [2.45, 2.75) is 25.7 Å². The van der Waals surface area contributed by atoms with Crippen molar-refractivity contribution < 1.29 is 9.90 Å². The van der Waals surface area contributed by atoms with Crippen LogP contribution in [0.5, 0.6) is 0 Å². The second kappa shape index (κ2) is 4.33. The minimum Gasteiger partial charge on any atom is -0.477 e. The Kier molecular flexibility index (Phi) is 3.07. The van der Waals surface area contributed by atoms with E-state index < -0.39 is 5.97 Å². The monoisotopic (exact) mass is 225 g/mol. The molecule has 1 saturated heterocycles. The molecule has 3 nitrogen and oxygen atoms in total. The first-order chi connectivity index (χ1) is 7.18. The molecule has 1 aliphatic rings. The maximum absolute atomic E-state index is 10.9. The summed E-state index contributed by atoms with van der Waals surface area (Å²) >= 11 is 1.45. The summed E-state index contributed by atoms with van der Waals surface area (Å²) in [5, 5.41) is 12.3. The van der Waals surface area contributed by atoms with Crippen LogP contribution in [0, 0.1) is 6.92 Å². The van der Waals surface area contributed by atoms with Gasteiger partial charge in [-0.1, -0.05) is 0 Å². The fraction of sp³-hybridized carbons (Fsp3) is 0.545. The third-order valence-corrected chi connectivity index (χ3v) is 4.26. The third kappa shape index (κ3) is 2.21. The number of thiophene rings is 1. The average molecular weight is 225 g/mol. The molecular formula is C11H15NO2S. The van der Waals surface area contributed by atoms with Crippen molar-refractivity contribution in [2.24, 2.45) is 0 Å². The topological polar surface area (TPSA) is 49.3 Å². The van der Waals surface area contributed by atoms with Gasteiger partial charge in [-0.2, -0.15) is 0 Å². The van der Waals surface area contributed by atoms with Crippen molar-refractivity contribution in [1.29, 1.82) is 0 Å². The van der Waals surface area contributed by atoms with Crippen LogP contribution in [0.3, 0.4) is 0 Å². The van der Waals surface area contributed by atoms with Crippen LogP contribution in [0.2, 0.25) is 0 Å². The van der Waals surface area contributed by atoms with Gasteiger partial charge in [-0.25, -0.2) is 4.79 Å². The second-order valence-electron chi connectivity index (χ2n) is 3.99. The van der Waals surface area contributed by atoms with Gasteiger partial charge < -0.3 is 10.4 Å². The lowest BCUT2D eigenvalue weighted by molar-refractivity contribution is 0.0701. The summed E-state index contributed by atoms with van der Waals surface area (Å²) in [4.78, 5) is 12.7. The molecule has 0 atom stereocenters. The maximum Gasteiger partial charge on any atom is 0.346 e. The molecule has 2 heterocycles. The highest BCUT2D eigenvalue weighted by molar-refractivity contribution is 7.14. The number of carboxylic acids is 1. The largest absolute Gasteiger partial charge is 0.477 e. The van der Waals surface area contributed by atoms with Gasteiger partial charge in [0.2, 0.25) is 0 Å². The van der Waals surface area contributed by atoms with E-state index in [0.29, 0.717) is 10.8 Å². The van der Waals surface area contributed by atoms with E-state index in [1.165, 1.54) is 16.2 Å². The molecule has 0 bridgehead atoms. The molecule has 15 heavy (non-hydrogen) atoms. The van der Waals surface area contributed by atoms with Gasteiger partial charge in [-0.3, -0.25) is 0 Å². The summed E-state index contributed by atoms with van der Waals surface area (Å²) in [5.74, 6) is -0.235. The Balaban J connectivity index is 2.21. The van der Waals surface area contributed by atoms with E-state index in [1.807, 2.05) is 13.0 Å². The summed E-state index contributed by atoms with van der Waals surface area (Å²) in [6.07, 6.45) is 2.25. The molecule has 2 rings (SSSR count). The van der Waals surface area contributed by atoms with Crippen LogP contribution >= 0.6 is 11.3 Å². The molecule has 0 aliphatic carbocycles. The van der Waals surface area contributed by atoms with Gasteiger partial charge in [0, 0.05) is 4.88 Å². The highest BCUT2D eigenvalue weighted by atomic mass is 32.1. The molecule has 1 aromatic heterocycles. The molecule has 2 N–H and O–H groups in total. The number of carbonyl (C=O) groups is 1. The standard InChI is InChI=1S/C11H15NO2S/c1-7-6-9(15-10(7)11(13)14)8-2-4-12-5-3-8/h6,8,12H,2-5H2,1H3,(H,13,14). The summed E-state index contributed by atoms with van der Waals surface area (Å²) in [6, 6.07) is 2.05. The highest BCUT2D eigenvalue weighted by Gasteiger charge is 2.20. The Morgan fingerprint density at radius 3 is 2.73 bits per heavy atom. The van der Waals surface area contributed by atoms with Crippen molar-refractivity contribution >= 4 is 17.3 Å². The Morgan fingerprint density at radius 1 is 1.53 bits per heavy atom. The van der Waals surface area contributed by atoms with Crippen molar-refractivity contribution in [3.8, 4) is 0 Å². The molecule has 4 heteroatoms. The van der Waals surface area contributed by atoms with Crippen molar-refractivity contribution in [2.75, 3.05) is 13.1 Å². The van der Waals surface area contributed by atoms with E-state index in [1.54, 1.807) is 0 Å². The summed E-state index contributed by atoms with van der Waals surface area (Å²) in [6.45, 7) is 3.97. The lowest BCUT2D eigenvalue weighted by Crippen LogP contribution is -2.26. The van der Waals surface area contributed by atoms with Crippen LogP contribution in [-0.2, 0) is 0 Å². The number of carboxylic acid groups (broad SMARTS) is 1. The first-order valence-corrected chi connectivity index (χ1v) is 6.04. The minimum absolute atomic E-state index is 0.503. The van der Waals surface area contributed by atoms with Crippen molar-refractivity contribution in [3.05, 3.63) is 21.4 Å². The highest BCUT2D eigenvalue weighted by Crippen LogP contribution is 2.33. The number of aromatic carboxylic acids is 1. The first kappa shape index (κ1) is 10.6. The SMILES string of the molecule is Cc1cc(C2CCNCC2)sc1C(=O)O. The quantitative estimate of drug-likeness (QED) is 0.811. The molecule has 0 radical (unpaired) electrons. The summed E-state index contributed by atoms with van der Waals surface area (Å²) in [7, 11) is 0. The lowest BCUT2D eigenvalue weighted by atomic mass is 9.96. The van der Waals surface area contributed by atoms with Crippen LogP contribution in [0.4, 0.5) is 0 Å². The van der Waals surface area contributed by atoms with E-state index in [2.05, 4.69) is 5.32 Å². The Labute approximate surface area is 93.1 Å². The fourth-order valence-corrected chi connectivity index (χ4v) is 3.21. The number of rotatable bonds is 2. The van der Waals surface area contributed by atoms with Crippen molar-refractivity contribution in [1.82, 2.24) is 5.32 Å². The van der Waals surface area contributed by atoms with Gasteiger partial charge in [0.1, 0.15) is 4.88 Å². The van der Waals surface area contributed by atoms with Gasteiger partial charge in [0.15, 0.2) is 0 Å². The molecule has 0 aromatic carbocycles. The van der Waals surface area contributed by atoms with Crippen LogP contribution < -0.4 is 5.32 Å². The lowest BCUT2D eigenvalue weighted by Gasteiger charge is -2.21. The molecule has 1 aliphatic heterocycles. The number of piperidine rings is 1. The summed E-state index contributed by atoms with van der Waals surface area (Å²) < 4.78 is 0. The van der Waals surface area contributed by atoms with Crippen LogP contribution in [0.15, 0.2) is 6.07 Å². The molecule has 0 spiro atoms. The third-order valence-electron chi connectivity index (χ3n) is 2.87. The van der Waals surface area contributed by atoms with Gasteiger partial charge in [-0.05, 0) is 50.4 Å². The number of hydrogen-bond acceptors (Lipinski definition) is 3. The van der Waals surface area contributed by atoms with Crippen LogP contribution in [0.25, 0.3) is 0 Å². The summed E-state index contributed by atoms with van der Waals surface area (Å²) in [5.41, 5.74) is 0.904. The molecule has 0 saturated carbocycles. The zero-order valence-electron chi connectivity index (χ0n) is 8.75. The Hall–Kier alpha value is -0.870. The van der Waals surface area contributed by atoms with Gasteiger partial charge in [-0.15, -0.1) is 11.3 Å². The van der Waals surface area contributed by atoms with E-state index in [0.717, 1.165) is 31.5 Å². The van der Waals surface area contributed by atoms with Crippen molar-refractivity contribution in [3.63, 3.8) is 0 Å². The number of aryl methyl sites for hydroxylation is 1. The fourth-order valence-electron chi connectivity index (χ4n) is 2.03. The molecule has 1 fully saturated rings. The molecule has 82 valence electrons. The van der Waals surface area contributed by atoms with Gasteiger partial charge >= 0.3 is 5.97 Å².